The first-order valence-electron chi connectivity index (χ1n) is 7.88. The molecule has 6 heteroatoms. The molecule has 0 spiro atoms. The molecule has 0 N–H and O–H groups in total. The summed E-state index contributed by atoms with van der Waals surface area (Å²) in [5, 5.41) is 0. The predicted molar refractivity (Wildman–Crippen MR) is 95.5 cm³/mol. The third-order valence-electron chi connectivity index (χ3n) is 4.00. The monoisotopic (exact) mass is 390 g/mol. The van der Waals surface area contributed by atoms with Crippen LogP contribution in [0.4, 0.5) is 5.82 Å². The summed E-state index contributed by atoms with van der Waals surface area (Å²) in [4.78, 5) is 19.0. The number of halogens is 1. The van der Waals surface area contributed by atoms with Crippen molar-refractivity contribution in [2.45, 2.75) is 19.4 Å². The van der Waals surface area contributed by atoms with E-state index in [9.17, 15) is 4.79 Å². The summed E-state index contributed by atoms with van der Waals surface area (Å²) in [7, 11) is 1.61. The number of benzene rings is 1. The number of carbonyl (C=O) groups excluding carboxylic acids is 1. The van der Waals surface area contributed by atoms with Gasteiger partial charge in [-0.1, -0.05) is 6.07 Å². The van der Waals surface area contributed by atoms with Crippen LogP contribution in [0.15, 0.2) is 41.0 Å². The molecule has 0 atom stereocenters. The Morgan fingerprint density at radius 1 is 1.29 bits per heavy atom. The second kappa shape index (κ2) is 7.66. The highest BCUT2D eigenvalue weighted by atomic mass is 79.9. The third kappa shape index (κ3) is 3.70. The molecule has 0 radical (unpaired) electrons. The Labute approximate surface area is 149 Å². The van der Waals surface area contributed by atoms with Crippen molar-refractivity contribution in [3.05, 3.63) is 52.1 Å². The summed E-state index contributed by atoms with van der Waals surface area (Å²) >= 11 is 3.43. The number of aromatic nitrogens is 1. The van der Waals surface area contributed by atoms with E-state index in [1.54, 1.807) is 25.4 Å². The van der Waals surface area contributed by atoms with Crippen LogP contribution in [0.3, 0.4) is 0 Å². The molecule has 3 rings (SSSR count). The second-order valence-electron chi connectivity index (χ2n) is 5.61. The van der Waals surface area contributed by atoms with Gasteiger partial charge in [-0.15, -0.1) is 0 Å². The molecule has 0 amide bonds. The first-order chi connectivity index (χ1) is 11.7. The number of hydrogen-bond acceptors (Lipinski definition) is 5. The number of ether oxygens (including phenoxy) is 2. The number of nitrogens with zero attached hydrogens (tertiary/aromatic N) is 2. The number of carbonyl (C=O) groups is 1. The zero-order valence-electron chi connectivity index (χ0n) is 13.5. The molecular weight excluding hydrogens is 372 g/mol. The van der Waals surface area contributed by atoms with Gasteiger partial charge in [-0.25, -0.2) is 9.78 Å². The fourth-order valence-electron chi connectivity index (χ4n) is 2.76. The Morgan fingerprint density at radius 3 is 2.79 bits per heavy atom. The van der Waals surface area contributed by atoms with E-state index >= 15 is 0 Å². The molecule has 2 aromatic rings. The SMILES string of the molecule is COc1ccc(COC(=O)c2cccnc2N2CCCC2)cc1Br. The number of methoxy groups -OCH3 is 1. The Kier molecular flexibility index (Phi) is 5.35. The summed E-state index contributed by atoms with van der Waals surface area (Å²) in [6, 6.07) is 9.14. The average molecular weight is 391 g/mol. The summed E-state index contributed by atoms with van der Waals surface area (Å²) in [6.45, 7) is 2.07. The van der Waals surface area contributed by atoms with Crippen molar-refractivity contribution in [1.29, 1.82) is 0 Å². The highest BCUT2D eigenvalue weighted by Gasteiger charge is 2.21. The van der Waals surface area contributed by atoms with E-state index in [-0.39, 0.29) is 12.6 Å². The minimum atomic E-state index is -0.350. The lowest BCUT2D eigenvalue weighted by Gasteiger charge is -2.19. The van der Waals surface area contributed by atoms with Crippen molar-refractivity contribution >= 4 is 27.7 Å². The summed E-state index contributed by atoms with van der Waals surface area (Å²) in [5.74, 6) is 1.11. The van der Waals surface area contributed by atoms with Crippen molar-refractivity contribution in [2.24, 2.45) is 0 Å². The number of esters is 1. The molecule has 1 saturated heterocycles. The van der Waals surface area contributed by atoms with Gasteiger partial charge in [0.05, 0.1) is 11.6 Å². The summed E-state index contributed by atoms with van der Waals surface area (Å²) in [5.41, 5.74) is 1.41. The molecule has 24 heavy (non-hydrogen) atoms. The molecule has 0 unspecified atom stereocenters. The number of rotatable bonds is 5. The Balaban J connectivity index is 1.70. The molecule has 0 bridgehead atoms. The first kappa shape index (κ1) is 16.8. The lowest BCUT2D eigenvalue weighted by molar-refractivity contribution is 0.0473. The van der Waals surface area contributed by atoms with Gasteiger partial charge in [-0.05, 0) is 58.6 Å². The van der Waals surface area contributed by atoms with Gasteiger partial charge in [0.15, 0.2) is 0 Å². The van der Waals surface area contributed by atoms with Crippen molar-refractivity contribution in [3.63, 3.8) is 0 Å². The van der Waals surface area contributed by atoms with Gasteiger partial charge < -0.3 is 14.4 Å². The standard InChI is InChI=1S/C18H19BrN2O3/c1-23-16-7-6-13(11-15(16)19)12-24-18(22)14-5-4-8-20-17(14)21-9-2-3-10-21/h4-8,11H,2-3,9-10,12H2,1H3. The van der Waals surface area contributed by atoms with Crippen molar-refractivity contribution in [3.8, 4) is 5.75 Å². The molecule has 1 aromatic heterocycles. The van der Waals surface area contributed by atoms with Gasteiger partial charge in [0.25, 0.3) is 0 Å². The fraction of sp³-hybridized carbons (Fsp3) is 0.333. The molecular formula is C18H19BrN2O3. The number of pyridine rings is 1. The maximum Gasteiger partial charge on any atom is 0.342 e. The smallest absolute Gasteiger partial charge is 0.342 e. The van der Waals surface area contributed by atoms with Crippen molar-refractivity contribution in [1.82, 2.24) is 4.98 Å². The topological polar surface area (TPSA) is 51.7 Å². The van der Waals surface area contributed by atoms with Crippen LogP contribution in [0.5, 0.6) is 5.75 Å². The molecule has 0 aliphatic carbocycles. The highest BCUT2D eigenvalue weighted by molar-refractivity contribution is 9.10. The van der Waals surface area contributed by atoms with Crippen LogP contribution in [-0.4, -0.2) is 31.2 Å². The van der Waals surface area contributed by atoms with E-state index in [2.05, 4.69) is 25.8 Å². The molecule has 0 saturated carbocycles. The normalized spacial score (nSPS) is 13.8. The van der Waals surface area contributed by atoms with Crippen LogP contribution >= 0.6 is 15.9 Å². The van der Waals surface area contributed by atoms with Gasteiger partial charge in [0.1, 0.15) is 23.7 Å². The third-order valence-corrected chi connectivity index (χ3v) is 4.62. The Morgan fingerprint density at radius 2 is 2.08 bits per heavy atom. The molecule has 1 aromatic carbocycles. The zero-order chi connectivity index (χ0) is 16.9. The van der Waals surface area contributed by atoms with E-state index in [0.717, 1.165) is 47.5 Å². The van der Waals surface area contributed by atoms with Crippen LogP contribution in [0.25, 0.3) is 0 Å². The largest absolute Gasteiger partial charge is 0.496 e. The fourth-order valence-corrected chi connectivity index (χ4v) is 3.35. The van der Waals surface area contributed by atoms with E-state index in [0.29, 0.717) is 5.56 Å². The van der Waals surface area contributed by atoms with Gasteiger partial charge in [-0.3, -0.25) is 0 Å². The maximum atomic E-state index is 12.5. The Bertz CT molecular complexity index is 730. The predicted octanol–water partition coefficient (Wildman–Crippen LogP) is 3.81. The molecule has 2 heterocycles. The Hall–Kier alpha value is -2.08. The lowest BCUT2D eigenvalue weighted by atomic mass is 10.2. The molecule has 1 aliphatic heterocycles. The average Bonchev–Trinajstić information content (AvgIpc) is 3.14. The molecule has 126 valence electrons. The molecule has 1 fully saturated rings. The first-order valence-corrected chi connectivity index (χ1v) is 8.68. The minimum Gasteiger partial charge on any atom is -0.496 e. The van der Waals surface area contributed by atoms with E-state index in [4.69, 9.17) is 9.47 Å². The minimum absolute atomic E-state index is 0.204. The van der Waals surface area contributed by atoms with Gasteiger partial charge in [0.2, 0.25) is 0 Å². The summed E-state index contributed by atoms with van der Waals surface area (Å²) in [6.07, 6.45) is 3.97. The van der Waals surface area contributed by atoms with Crippen LogP contribution in [-0.2, 0) is 11.3 Å². The summed E-state index contributed by atoms with van der Waals surface area (Å²) < 4.78 is 11.5. The number of hydrogen-bond donors (Lipinski definition) is 0. The van der Waals surface area contributed by atoms with Crippen molar-refractivity contribution in [2.75, 3.05) is 25.1 Å². The maximum absolute atomic E-state index is 12.5. The number of anilines is 1. The van der Waals surface area contributed by atoms with Gasteiger partial charge in [-0.2, -0.15) is 0 Å². The molecule has 1 aliphatic rings. The van der Waals surface area contributed by atoms with Crippen LogP contribution in [0.2, 0.25) is 0 Å². The van der Waals surface area contributed by atoms with E-state index in [1.165, 1.54) is 0 Å². The van der Waals surface area contributed by atoms with Gasteiger partial charge in [0, 0.05) is 19.3 Å². The van der Waals surface area contributed by atoms with Crippen LogP contribution in [0, 0.1) is 0 Å². The van der Waals surface area contributed by atoms with E-state index in [1.807, 2.05) is 18.2 Å². The lowest BCUT2D eigenvalue weighted by Crippen LogP contribution is -2.22. The van der Waals surface area contributed by atoms with Gasteiger partial charge >= 0.3 is 5.97 Å². The molecule has 5 nitrogen and oxygen atoms in total. The van der Waals surface area contributed by atoms with Crippen molar-refractivity contribution < 1.29 is 14.3 Å². The quantitative estimate of drug-likeness (QED) is 0.726. The second-order valence-corrected chi connectivity index (χ2v) is 6.47. The highest BCUT2D eigenvalue weighted by Crippen LogP contribution is 2.26. The van der Waals surface area contributed by atoms with E-state index < -0.39 is 0 Å². The van der Waals surface area contributed by atoms with Crippen LogP contribution in [0.1, 0.15) is 28.8 Å². The zero-order valence-corrected chi connectivity index (χ0v) is 15.1. The van der Waals surface area contributed by atoms with Crippen LogP contribution < -0.4 is 9.64 Å².